The summed E-state index contributed by atoms with van der Waals surface area (Å²) in [5.41, 5.74) is 1.21. The molecule has 0 aliphatic heterocycles. The first-order chi connectivity index (χ1) is 7.97. The molecule has 0 saturated heterocycles. The third-order valence-electron chi connectivity index (χ3n) is 2.28. The summed E-state index contributed by atoms with van der Waals surface area (Å²) in [6, 6.07) is 4.93. The van der Waals surface area contributed by atoms with Crippen LogP contribution in [0, 0.1) is 0 Å². The number of aliphatic hydroxyl groups is 1. The molecule has 0 bridgehead atoms. The van der Waals surface area contributed by atoms with E-state index in [2.05, 4.69) is 0 Å². The van der Waals surface area contributed by atoms with Crippen molar-refractivity contribution < 1.29 is 14.6 Å². The molecule has 0 aliphatic carbocycles. The number of ether oxygens (including phenoxy) is 1. The van der Waals surface area contributed by atoms with Crippen LogP contribution in [0.1, 0.15) is 18.6 Å². The van der Waals surface area contributed by atoms with E-state index in [1.54, 1.807) is 25.1 Å². The van der Waals surface area contributed by atoms with Crippen LogP contribution in [0.4, 0.5) is 5.69 Å². The molecule has 1 N–H and O–H groups in total. The molecule has 0 aromatic heterocycles. The molecule has 0 amide bonds. The maximum absolute atomic E-state index is 11.4. The molecule has 0 aliphatic rings. The van der Waals surface area contributed by atoms with E-state index in [4.69, 9.17) is 16.3 Å². The Kier molecular flexibility index (Phi) is 4.78. The Balaban J connectivity index is 2.99. The van der Waals surface area contributed by atoms with Crippen LogP contribution in [0.2, 0.25) is 5.02 Å². The highest BCUT2D eigenvalue weighted by atomic mass is 35.5. The minimum Gasteiger partial charge on any atom is -0.464 e. The van der Waals surface area contributed by atoms with Gasteiger partial charge in [-0.25, -0.2) is 4.79 Å². The zero-order chi connectivity index (χ0) is 13.0. The molecule has 4 nitrogen and oxygen atoms in total. The number of carbonyl (C=O) groups excluding carboxylic acids is 1. The van der Waals surface area contributed by atoms with Gasteiger partial charge in [0.2, 0.25) is 0 Å². The summed E-state index contributed by atoms with van der Waals surface area (Å²) < 4.78 is 4.75. The quantitative estimate of drug-likeness (QED) is 0.839. The van der Waals surface area contributed by atoms with E-state index in [9.17, 15) is 9.90 Å². The van der Waals surface area contributed by atoms with Crippen LogP contribution in [0.3, 0.4) is 0 Å². The maximum atomic E-state index is 11.4. The van der Waals surface area contributed by atoms with Gasteiger partial charge in [0, 0.05) is 14.1 Å². The molecule has 94 valence electrons. The van der Waals surface area contributed by atoms with Crippen molar-refractivity contribution in [3.05, 3.63) is 28.8 Å². The Bertz CT molecular complexity index is 407. The lowest BCUT2D eigenvalue weighted by Crippen LogP contribution is -2.16. The van der Waals surface area contributed by atoms with Gasteiger partial charge in [0.05, 0.1) is 17.3 Å². The highest BCUT2D eigenvalue weighted by molar-refractivity contribution is 6.33. The van der Waals surface area contributed by atoms with Crippen LogP contribution >= 0.6 is 11.6 Å². The fourth-order valence-corrected chi connectivity index (χ4v) is 1.69. The fourth-order valence-electron chi connectivity index (χ4n) is 1.40. The van der Waals surface area contributed by atoms with Gasteiger partial charge in [-0.15, -0.1) is 0 Å². The van der Waals surface area contributed by atoms with E-state index >= 15 is 0 Å². The second kappa shape index (κ2) is 5.89. The summed E-state index contributed by atoms with van der Waals surface area (Å²) in [6.45, 7) is 1.93. The van der Waals surface area contributed by atoms with Crippen molar-refractivity contribution in [2.24, 2.45) is 0 Å². The molecule has 1 rings (SSSR count). The van der Waals surface area contributed by atoms with E-state index in [0.29, 0.717) is 10.6 Å². The zero-order valence-electron chi connectivity index (χ0n) is 10.1. The molecule has 0 heterocycles. The average molecular weight is 258 g/mol. The number of hydrogen-bond acceptors (Lipinski definition) is 4. The molecule has 1 aromatic rings. The summed E-state index contributed by atoms with van der Waals surface area (Å²) in [5, 5.41) is 10.3. The minimum absolute atomic E-state index is 0.240. The van der Waals surface area contributed by atoms with E-state index in [0.717, 1.165) is 5.69 Å². The number of nitrogens with zero attached hydrogens (tertiary/aromatic N) is 1. The molecule has 17 heavy (non-hydrogen) atoms. The third kappa shape index (κ3) is 3.35. The largest absolute Gasteiger partial charge is 0.464 e. The van der Waals surface area contributed by atoms with Gasteiger partial charge in [-0.3, -0.25) is 0 Å². The lowest BCUT2D eigenvalue weighted by Gasteiger charge is -2.17. The van der Waals surface area contributed by atoms with E-state index in [-0.39, 0.29) is 6.61 Å². The van der Waals surface area contributed by atoms with Crippen molar-refractivity contribution in [1.29, 1.82) is 0 Å². The molecule has 0 saturated carbocycles. The van der Waals surface area contributed by atoms with Crippen molar-refractivity contribution >= 4 is 23.3 Å². The Hall–Kier alpha value is -1.26. The number of rotatable bonds is 4. The average Bonchev–Trinajstić information content (AvgIpc) is 2.28. The number of carbonyl (C=O) groups is 1. The standard InChI is InChI=1S/C12H16ClNO3/c1-4-17-12(16)11(15)8-5-6-9(13)10(7-8)14(2)3/h5-7,11,15H,4H2,1-3H3. The fraction of sp³-hybridized carbons (Fsp3) is 0.417. The first-order valence-corrected chi connectivity index (χ1v) is 5.66. The van der Waals surface area contributed by atoms with Crippen LogP contribution in [-0.4, -0.2) is 31.8 Å². The second-order valence-corrected chi connectivity index (χ2v) is 4.17. The summed E-state index contributed by atoms with van der Waals surface area (Å²) >= 11 is 6.00. The van der Waals surface area contributed by atoms with Crippen molar-refractivity contribution in [1.82, 2.24) is 0 Å². The topological polar surface area (TPSA) is 49.8 Å². The Morgan fingerprint density at radius 3 is 2.71 bits per heavy atom. The van der Waals surface area contributed by atoms with Crippen molar-refractivity contribution in [2.75, 3.05) is 25.6 Å². The predicted molar refractivity (Wildman–Crippen MR) is 67.4 cm³/mol. The Labute approximate surface area is 106 Å². The molecule has 0 radical (unpaired) electrons. The van der Waals surface area contributed by atoms with Gasteiger partial charge in [0.15, 0.2) is 6.10 Å². The summed E-state index contributed by atoms with van der Waals surface area (Å²) in [6.07, 6.45) is -1.27. The Morgan fingerprint density at radius 1 is 1.53 bits per heavy atom. The van der Waals surface area contributed by atoms with Crippen molar-refractivity contribution in [3.8, 4) is 0 Å². The zero-order valence-corrected chi connectivity index (χ0v) is 10.9. The van der Waals surface area contributed by atoms with Crippen LogP contribution < -0.4 is 4.90 Å². The van der Waals surface area contributed by atoms with Gasteiger partial charge in [-0.2, -0.15) is 0 Å². The SMILES string of the molecule is CCOC(=O)C(O)c1ccc(Cl)c(N(C)C)c1. The van der Waals surface area contributed by atoms with E-state index < -0.39 is 12.1 Å². The number of esters is 1. The van der Waals surface area contributed by atoms with Gasteiger partial charge in [0.25, 0.3) is 0 Å². The normalized spacial score (nSPS) is 12.1. The predicted octanol–water partition coefficient (Wildman–Crippen LogP) is 2.00. The van der Waals surface area contributed by atoms with Gasteiger partial charge < -0.3 is 14.7 Å². The minimum atomic E-state index is -1.27. The van der Waals surface area contributed by atoms with Crippen LogP contribution in [0.15, 0.2) is 18.2 Å². The monoisotopic (exact) mass is 257 g/mol. The number of hydrogen-bond donors (Lipinski definition) is 1. The molecular weight excluding hydrogens is 242 g/mol. The molecule has 1 unspecified atom stereocenters. The van der Waals surface area contributed by atoms with Crippen molar-refractivity contribution in [3.63, 3.8) is 0 Å². The first kappa shape index (κ1) is 13.8. The van der Waals surface area contributed by atoms with Gasteiger partial charge in [-0.05, 0) is 24.6 Å². The summed E-state index contributed by atoms with van der Waals surface area (Å²) in [5.74, 6) is -0.653. The number of anilines is 1. The highest BCUT2D eigenvalue weighted by Crippen LogP contribution is 2.28. The molecule has 1 aromatic carbocycles. The first-order valence-electron chi connectivity index (χ1n) is 5.28. The van der Waals surface area contributed by atoms with E-state index in [1.165, 1.54) is 0 Å². The molecular formula is C12H16ClNO3. The van der Waals surface area contributed by atoms with Gasteiger partial charge >= 0.3 is 5.97 Å². The van der Waals surface area contributed by atoms with E-state index in [1.807, 2.05) is 19.0 Å². The van der Waals surface area contributed by atoms with Crippen molar-refractivity contribution in [2.45, 2.75) is 13.0 Å². The summed E-state index contributed by atoms with van der Waals surface area (Å²) in [7, 11) is 3.67. The lowest BCUT2D eigenvalue weighted by atomic mass is 10.1. The molecule has 0 spiro atoms. The van der Waals surface area contributed by atoms with Crippen LogP contribution in [0.5, 0.6) is 0 Å². The number of aliphatic hydroxyl groups excluding tert-OH is 1. The second-order valence-electron chi connectivity index (χ2n) is 3.76. The lowest BCUT2D eigenvalue weighted by molar-refractivity contribution is -0.153. The molecule has 0 fully saturated rings. The van der Waals surface area contributed by atoms with Crippen LogP contribution in [0.25, 0.3) is 0 Å². The molecule has 1 atom stereocenters. The number of benzene rings is 1. The van der Waals surface area contributed by atoms with Gasteiger partial charge in [-0.1, -0.05) is 17.7 Å². The third-order valence-corrected chi connectivity index (χ3v) is 2.60. The summed E-state index contributed by atoms with van der Waals surface area (Å²) in [4.78, 5) is 13.2. The highest BCUT2D eigenvalue weighted by Gasteiger charge is 2.19. The van der Waals surface area contributed by atoms with Crippen LogP contribution in [-0.2, 0) is 9.53 Å². The Morgan fingerprint density at radius 2 is 2.18 bits per heavy atom. The van der Waals surface area contributed by atoms with Gasteiger partial charge in [0.1, 0.15) is 0 Å². The smallest absolute Gasteiger partial charge is 0.339 e. The molecule has 5 heteroatoms. The maximum Gasteiger partial charge on any atom is 0.339 e. The number of halogens is 1.